The summed E-state index contributed by atoms with van der Waals surface area (Å²) in [4.78, 5) is 0. The van der Waals surface area contributed by atoms with E-state index in [1.54, 1.807) is 11.1 Å². The molecule has 1 radical (unpaired) electrons. The monoisotopic (exact) mass is 209 g/mol. The topological polar surface area (TPSA) is 0 Å². The summed E-state index contributed by atoms with van der Waals surface area (Å²) in [5, 5.41) is 0. The molecule has 81 valence electrons. The predicted molar refractivity (Wildman–Crippen MR) is 69.0 cm³/mol. The average Bonchev–Trinajstić information content (AvgIpc) is 2.73. The van der Waals surface area contributed by atoms with Crippen LogP contribution >= 0.6 is 0 Å². The molecular formula is C16H17. The first-order chi connectivity index (χ1) is 7.83. The Morgan fingerprint density at radius 3 is 2.25 bits per heavy atom. The minimum absolute atomic E-state index is 1.28. The molecule has 1 aromatic rings. The Kier molecular flexibility index (Phi) is 2.43. The maximum atomic E-state index is 2.39. The van der Waals surface area contributed by atoms with Crippen molar-refractivity contribution in [2.45, 2.75) is 32.6 Å². The van der Waals surface area contributed by atoms with Crippen molar-refractivity contribution in [3.8, 4) is 0 Å². The van der Waals surface area contributed by atoms with Gasteiger partial charge in [0.1, 0.15) is 0 Å². The first-order valence-corrected chi connectivity index (χ1v) is 6.18. The molecule has 0 heterocycles. The molecule has 0 aromatic heterocycles. The molecule has 0 fully saturated rings. The Hall–Kier alpha value is -1.30. The molecule has 0 saturated heterocycles. The Labute approximate surface area is 97.7 Å². The minimum Gasteiger partial charge on any atom is -0.0587 e. The predicted octanol–water partition coefficient (Wildman–Crippen LogP) is 4.47. The van der Waals surface area contributed by atoms with Crippen LogP contribution in [0.4, 0.5) is 0 Å². The van der Waals surface area contributed by atoms with Gasteiger partial charge in [-0.05, 0) is 49.3 Å². The fraction of sp³-hybridized carbons (Fsp3) is 0.312. The van der Waals surface area contributed by atoms with Gasteiger partial charge < -0.3 is 0 Å². The van der Waals surface area contributed by atoms with Gasteiger partial charge in [-0.1, -0.05) is 41.5 Å². The minimum atomic E-state index is 1.28. The van der Waals surface area contributed by atoms with Crippen molar-refractivity contribution in [2.24, 2.45) is 0 Å². The van der Waals surface area contributed by atoms with Crippen molar-refractivity contribution in [2.75, 3.05) is 0 Å². The lowest BCUT2D eigenvalue weighted by molar-refractivity contribution is 0.694. The smallest absolute Gasteiger partial charge is 0.0167 e. The largest absolute Gasteiger partial charge is 0.0587 e. The number of aryl methyl sites for hydroxylation is 1. The zero-order chi connectivity index (χ0) is 11.0. The van der Waals surface area contributed by atoms with E-state index in [1.165, 1.54) is 42.4 Å². The van der Waals surface area contributed by atoms with Crippen molar-refractivity contribution < 1.29 is 0 Å². The molecule has 2 aliphatic carbocycles. The lowest BCUT2D eigenvalue weighted by Gasteiger charge is -2.12. The van der Waals surface area contributed by atoms with Crippen molar-refractivity contribution >= 4 is 5.57 Å². The quantitative estimate of drug-likeness (QED) is 0.640. The molecule has 0 bridgehead atoms. The third-order valence-electron chi connectivity index (χ3n) is 3.60. The Morgan fingerprint density at radius 2 is 1.56 bits per heavy atom. The summed E-state index contributed by atoms with van der Waals surface area (Å²) in [7, 11) is 0. The molecule has 2 aliphatic rings. The molecular weight excluding hydrogens is 192 g/mol. The maximum absolute atomic E-state index is 2.39. The van der Waals surface area contributed by atoms with Crippen molar-refractivity contribution in [3.63, 3.8) is 0 Å². The van der Waals surface area contributed by atoms with Gasteiger partial charge in [0.2, 0.25) is 0 Å². The highest BCUT2D eigenvalue weighted by atomic mass is 14.2. The Bertz CT molecular complexity index is 457. The number of hydrogen-bond donors (Lipinski definition) is 0. The van der Waals surface area contributed by atoms with Crippen LogP contribution in [0.1, 0.15) is 36.8 Å². The van der Waals surface area contributed by atoms with Gasteiger partial charge in [-0.2, -0.15) is 0 Å². The summed E-state index contributed by atoms with van der Waals surface area (Å²) in [6.45, 7) is 2.14. The number of hydrogen-bond acceptors (Lipinski definition) is 0. The molecule has 0 N–H and O–H groups in total. The number of rotatable bonds is 1. The summed E-state index contributed by atoms with van der Waals surface area (Å²) >= 11 is 0. The van der Waals surface area contributed by atoms with E-state index in [-0.39, 0.29) is 0 Å². The van der Waals surface area contributed by atoms with E-state index in [2.05, 4.69) is 43.7 Å². The van der Waals surface area contributed by atoms with Crippen LogP contribution in [0.2, 0.25) is 0 Å². The number of allylic oxidation sites excluding steroid dienone is 4. The highest BCUT2D eigenvalue weighted by molar-refractivity contribution is 5.81. The fourth-order valence-corrected chi connectivity index (χ4v) is 2.61. The summed E-state index contributed by atoms with van der Waals surface area (Å²) in [6, 6.07) is 8.86. The van der Waals surface area contributed by atoms with Crippen molar-refractivity contribution in [1.29, 1.82) is 0 Å². The summed E-state index contributed by atoms with van der Waals surface area (Å²) in [5.41, 5.74) is 7.27. The van der Waals surface area contributed by atoms with Gasteiger partial charge in [-0.25, -0.2) is 0 Å². The second-order valence-corrected chi connectivity index (χ2v) is 4.87. The first-order valence-electron chi connectivity index (χ1n) is 6.18. The van der Waals surface area contributed by atoms with E-state index in [0.717, 1.165) is 0 Å². The molecule has 0 unspecified atom stereocenters. The molecule has 0 nitrogen and oxygen atoms in total. The molecule has 0 heteroatoms. The van der Waals surface area contributed by atoms with Crippen molar-refractivity contribution in [3.05, 3.63) is 59.0 Å². The highest BCUT2D eigenvalue weighted by Crippen LogP contribution is 2.38. The van der Waals surface area contributed by atoms with Gasteiger partial charge >= 0.3 is 0 Å². The highest BCUT2D eigenvalue weighted by Gasteiger charge is 2.19. The molecule has 0 spiro atoms. The van der Waals surface area contributed by atoms with Gasteiger partial charge in [-0.15, -0.1) is 0 Å². The summed E-state index contributed by atoms with van der Waals surface area (Å²) < 4.78 is 0. The van der Waals surface area contributed by atoms with Crippen LogP contribution in [-0.2, 0) is 0 Å². The van der Waals surface area contributed by atoms with Crippen LogP contribution in [0.25, 0.3) is 5.57 Å². The van der Waals surface area contributed by atoms with Crippen LogP contribution in [0.15, 0.2) is 41.5 Å². The molecule has 16 heavy (non-hydrogen) atoms. The SMILES string of the molecule is Cc1ccc(C2=CC3=C([CH]2)CCCC3)cc1. The second kappa shape index (κ2) is 3.93. The fourth-order valence-electron chi connectivity index (χ4n) is 2.61. The second-order valence-electron chi connectivity index (χ2n) is 4.87. The standard InChI is InChI=1S/C16H17/c1-12-6-8-13(9-7-12)16-10-14-4-2-3-5-15(14)11-16/h6-11H,2-5H2,1H3. The van der Waals surface area contributed by atoms with E-state index in [1.807, 2.05) is 0 Å². The van der Waals surface area contributed by atoms with Gasteiger partial charge in [0, 0.05) is 6.42 Å². The number of benzene rings is 1. The summed E-state index contributed by atoms with van der Waals surface area (Å²) in [6.07, 6.45) is 10.1. The molecule has 0 aliphatic heterocycles. The molecule has 1 aromatic carbocycles. The Morgan fingerprint density at radius 1 is 0.875 bits per heavy atom. The van der Waals surface area contributed by atoms with Crippen LogP contribution in [0.3, 0.4) is 0 Å². The van der Waals surface area contributed by atoms with E-state index in [9.17, 15) is 0 Å². The lowest BCUT2D eigenvalue weighted by atomic mass is 9.93. The average molecular weight is 209 g/mol. The third kappa shape index (κ3) is 1.73. The first kappa shape index (κ1) is 9.89. The molecule has 0 amide bonds. The maximum Gasteiger partial charge on any atom is 0.0167 e. The van der Waals surface area contributed by atoms with Crippen LogP contribution in [-0.4, -0.2) is 0 Å². The zero-order valence-corrected chi connectivity index (χ0v) is 9.79. The van der Waals surface area contributed by atoms with Crippen molar-refractivity contribution in [1.82, 2.24) is 0 Å². The Balaban J connectivity index is 1.86. The van der Waals surface area contributed by atoms with Crippen LogP contribution < -0.4 is 0 Å². The van der Waals surface area contributed by atoms with Gasteiger partial charge in [-0.3, -0.25) is 0 Å². The van der Waals surface area contributed by atoms with Gasteiger partial charge in [0.15, 0.2) is 0 Å². The summed E-state index contributed by atoms with van der Waals surface area (Å²) in [5.74, 6) is 0. The molecule has 0 saturated carbocycles. The molecule has 0 atom stereocenters. The van der Waals surface area contributed by atoms with Gasteiger partial charge in [0.05, 0.1) is 0 Å². The molecule has 3 rings (SSSR count). The zero-order valence-electron chi connectivity index (χ0n) is 9.79. The van der Waals surface area contributed by atoms with E-state index >= 15 is 0 Å². The third-order valence-corrected chi connectivity index (χ3v) is 3.60. The normalized spacial score (nSPS) is 19.7. The van der Waals surface area contributed by atoms with E-state index < -0.39 is 0 Å². The van der Waals surface area contributed by atoms with Crippen LogP contribution in [0, 0.1) is 13.3 Å². The van der Waals surface area contributed by atoms with Gasteiger partial charge in [0.25, 0.3) is 0 Å². The van der Waals surface area contributed by atoms with E-state index in [0.29, 0.717) is 0 Å². The lowest BCUT2D eigenvalue weighted by Crippen LogP contribution is -1.93. The van der Waals surface area contributed by atoms with Crippen LogP contribution in [0.5, 0.6) is 0 Å². The van der Waals surface area contributed by atoms with E-state index in [4.69, 9.17) is 0 Å².